The van der Waals surface area contributed by atoms with E-state index in [9.17, 15) is 4.79 Å². The van der Waals surface area contributed by atoms with E-state index in [4.69, 9.17) is 6.42 Å². The summed E-state index contributed by atoms with van der Waals surface area (Å²) in [6, 6.07) is 0.0763. The van der Waals surface area contributed by atoms with Crippen LogP contribution in [0.15, 0.2) is 0 Å². The zero-order chi connectivity index (χ0) is 11.9. The Balaban J connectivity index is 3.69. The summed E-state index contributed by atoms with van der Waals surface area (Å²) in [6.07, 6.45) is 6.64. The molecule has 0 saturated carbocycles. The lowest BCUT2D eigenvalue weighted by Gasteiger charge is -2.20. The predicted molar refractivity (Wildman–Crippen MR) is 63.4 cm³/mol. The number of nitrogens with one attached hydrogen (secondary N) is 2. The first-order valence-corrected chi connectivity index (χ1v) is 5.39. The summed E-state index contributed by atoms with van der Waals surface area (Å²) in [4.78, 5) is 11.4. The van der Waals surface area contributed by atoms with Crippen molar-refractivity contribution in [3.8, 4) is 12.3 Å². The first-order chi connectivity index (χ1) is 6.89. The van der Waals surface area contributed by atoms with Gasteiger partial charge >= 0.3 is 0 Å². The third-order valence-electron chi connectivity index (χ3n) is 1.87. The second-order valence-electron chi connectivity index (χ2n) is 4.63. The SMILES string of the molecule is C#CC(CC)NCCC(=O)NC(C)(C)C. The maximum Gasteiger partial charge on any atom is 0.221 e. The summed E-state index contributed by atoms with van der Waals surface area (Å²) in [6.45, 7) is 8.55. The number of amides is 1. The van der Waals surface area contributed by atoms with Crippen LogP contribution in [0.1, 0.15) is 40.5 Å². The van der Waals surface area contributed by atoms with Crippen LogP contribution >= 0.6 is 0 Å². The van der Waals surface area contributed by atoms with E-state index in [-0.39, 0.29) is 17.5 Å². The van der Waals surface area contributed by atoms with E-state index < -0.39 is 0 Å². The van der Waals surface area contributed by atoms with Crippen molar-refractivity contribution >= 4 is 5.91 Å². The van der Waals surface area contributed by atoms with Crippen LogP contribution in [0.3, 0.4) is 0 Å². The lowest BCUT2D eigenvalue weighted by Crippen LogP contribution is -2.42. The Labute approximate surface area is 93.0 Å². The Morgan fingerprint density at radius 3 is 2.47 bits per heavy atom. The number of hydrogen-bond acceptors (Lipinski definition) is 2. The second-order valence-corrected chi connectivity index (χ2v) is 4.63. The molecule has 1 unspecified atom stereocenters. The normalized spacial score (nSPS) is 13.0. The van der Waals surface area contributed by atoms with Crippen molar-refractivity contribution in [3.63, 3.8) is 0 Å². The van der Waals surface area contributed by atoms with Crippen molar-refractivity contribution in [2.75, 3.05) is 6.54 Å². The summed E-state index contributed by atoms with van der Waals surface area (Å²) in [5, 5.41) is 6.04. The van der Waals surface area contributed by atoms with Gasteiger partial charge in [-0.1, -0.05) is 12.8 Å². The van der Waals surface area contributed by atoms with Crippen LogP contribution in [0.25, 0.3) is 0 Å². The Kier molecular flexibility index (Phi) is 6.03. The van der Waals surface area contributed by atoms with Crippen LogP contribution in [-0.4, -0.2) is 24.0 Å². The molecule has 0 heterocycles. The van der Waals surface area contributed by atoms with Gasteiger partial charge < -0.3 is 10.6 Å². The molecule has 15 heavy (non-hydrogen) atoms. The smallest absolute Gasteiger partial charge is 0.221 e. The summed E-state index contributed by atoms with van der Waals surface area (Å²) in [5.74, 6) is 2.69. The Bertz CT molecular complexity index is 235. The van der Waals surface area contributed by atoms with Gasteiger partial charge in [0.2, 0.25) is 5.91 Å². The molecule has 0 aromatic carbocycles. The highest BCUT2D eigenvalue weighted by Crippen LogP contribution is 1.98. The zero-order valence-electron chi connectivity index (χ0n) is 10.2. The molecule has 0 aliphatic heterocycles. The summed E-state index contributed by atoms with van der Waals surface area (Å²) < 4.78 is 0. The van der Waals surface area contributed by atoms with E-state index in [1.54, 1.807) is 0 Å². The number of hydrogen-bond donors (Lipinski definition) is 2. The molecule has 1 atom stereocenters. The highest BCUT2D eigenvalue weighted by Gasteiger charge is 2.13. The molecule has 3 nitrogen and oxygen atoms in total. The monoisotopic (exact) mass is 210 g/mol. The van der Waals surface area contributed by atoms with E-state index >= 15 is 0 Å². The van der Waals surface area contributed by atoms with Gasteiger partial charge in [0.05, 0.1) is 6.04 Å². The Morgan fingerprint density at radius 2 is 2.07 bits per heavy atom. The minimum absolute atomic E-state index is 0.0573. The molecule has 2 N–H and O–H groups in total. The largest absolute Gasteiger partial charge is 0.351 e. The fourth-order valence-electron chi connectivity index (χ4n) is 1.16. The van der Waals surface area contributed by atoms with E-state index in [2.05, 4.69) is 16.6 Å². The van der Waals surface area contributed by atoms with Crippen LogP contribution in [0.2, 0.25) is 0 Å². The number of rotatable bonds is 5. The van der Waals surface area contributed by atoms with Crippen LogP contribution < -0.4 is 10.6 Å². The van der Waals surface area contributed by atoms with Gasteiger partial charge in [-0.3, -0.25) is 4.79 Å². The van der Waals surface area contributed by atoms with E-state index in [0.29, 0.717) is 13.0 Å². The molecule has 0 rings (SSSR count). The minimum Gasteiger partial charge on any atom is -0.351 e. The van der Waals surface area contributed by atoms with Gasteiger partial charge in [-0.25, -0.2) is 0 Å². The topological polar surface area (TPSA) is 41.1 Å². The third kappa shape index (κ3) is 8.02. The first-order valence-electron chi connectivity index (χ1n) is 5.39. The highest BCUT2D eigenvalue weighted by atomic mass is 16.1. The van der Waals surface area contributed by atoms with E-state index in [1.807, 2.05) is 27.7 Å². The molecule has 1 amide bonds. The highest BCUT2D eigenvalue weighted by molar-refractivity contribution is 5.76. The molecule has 0 fully saturated rings. The molecular weight excluding hydrogens is 188 g/mol. The predicted octanol–water partition coefficient (Wildman–Crippen LogP) is 1.29. The zero-order valence-corrected chi connectivity index (χ0v) is 10.2. The third-order valence-corrected chi connectivity index (χ3v) is 1.87. The molecule has 0 aromatic heterocycles. The van der Waals surface area contributed by atoms with E-state index in [1.165, 1.54) is 0 Å². The lowest BCUT2D eigenvalue weighted by molar-refractivity contribution is -0.122. The molecule has 0 aliphatic rings. The van der Waals surface area contributed by atoms with Crippen LogP contribution in [0.5, 0.6) is 0 Å². The van der Waals surface area contributed by atoms with Crippen molar-refractivity contribution in [1.29, 1.82) is 0 Å². The maximum absolute atomic E-state index is 11.4. The van der Waals surface area contributed by atoms with E-state index in [0.717, 1.165) is 6.42 Å². The van der Waals surface area contributed by atoms with Crippen molar-refractivity contribution in [2.24, 2.45) is 0 Å². The molecule has 0 spiro atoms. The molecule has 0 aromatic rings. The molecule has 86 valence electrons. The molecule has 0 aliphatic carbocycles. The van der Waals surface area contributed by atoms with Crippen molar-refractivity contribution < 1.29 is 4.79 Å². The Hall–Kier alpha value is -1.01. The number of carbonyl (C=O) groups is 1. The molecule has 3 heteroatoms. The summed E-state index contributed by atoms with van der Waals surface area (Å²) in [5.41, 5.74) is -0.159. The lowest BCUT2D eigenvalue weighted by atomic mass is 10.1. The van der Waals surface area contributed by atoms with Gasteiger partial charge in [0.1, 0.15) is 0 Å². The standard InChI is InChI=1S/C12H22N2O/c1-6-10(7-2)13-9-8-11(15)14-12(3,4)5/h1,10,13H,7-9H2,2-5H3,(H,14,15). The summed E-state index contributed by atoms with van der Waals surface area (Å²) in [7, 11) is 0. The van der Waals surface area contributed by atoms with Gasteiger partial charge in [0.25, 0.3) is 0 Å². The van der Waals surface area contributed by atoms with Gasteiger partial charge in [-0.05, 0) is 27.2 Å². The van der Waals surface area contributed by atoms with Crippen LogP contribution in [0.4, 0.5) is 0 Å². The fraction of sp³-hybridized carbons (Fsp3) is 0.750. The molecule has 0 saturated heterocycles. The number of carbonyl (C=O) groups excluding carboxylic acids is 1. The number of terminal acetylenes is 1. The van der Waals surface area contributed by atoms with Crippen molar-refractivity contribution in [1.82, 2.24) is 10.6 Å². The fourth-order valence-corrected chi connectivity index (χ4v) is 1.16. The van der Waals surface area contributed by atoms with Gasteiger partial charge in [0.15, 0.2) is 0 Å². The maximum atomic E-state index is 11.4. The average molecular weight is 210 g/mol. The van der Waals surface area contributed by atoms with Crippen molar-refractivity contribution in [3.05, 3.63) is 0 Å². The first kappa shape index (κ1) is 14.0. The summed E-state index contributed by atoms with van der Waals surface area (Å²) >= 11 is 0. The van der Waals surface area contributed by atoms with Gasteiger partial charge in [0, 0.05) is 18.5 Å². The quantitative estimate of drug-likeness (QED) is 0.671. The minimum atomic E-state index is -0.159. The van der Waals surface area contributed by atoms with Gasteiger partial charge in [-0.15, -0.1) is 6.42 Å². The second kappa shape index (κ2) is 6.47. The molecular formula is C12H22N2O. The average Bonchev–Trinajstić information content (AvgIpc) is 2.09. The van der Waals surface area contributed by atoms with Crippen LogP contribution in [0, 0.1) is 12.3 Å². The molecule has 0 radical (unpaired) electrons. The Morgan fingerprint density at radius 1 is 1.47 bits per heavy atom. The van der Waals surface area contributed by atoms with Crippen molar-refractivity contribution in [2.45, 2.75) is 52.1 Å². The van der Waals surface area contributed by atoms with Crippen LogP contribution in [-0.2, 0) is 4.79 Å². The molecule has 0 bridgehead atoms. The van der Waals surface area contributed by atoms with Gasteiger partial charge in [-0.2, -0.15) is 0 Å².